The standard InChI is InChI=1S/C21H31N3O2/c1-15-5-3-4-6-19(15)23-20(25)14-24(18-11-12-18)13-16-7-9-17(10-8-16)21(26)22-2/h7-10,15,18-19H,3-6,11-14H2,1-2H3,(H,22,26)(H,23,25). The number of rotatable bonds is 7. The molecule has 0 aromatic heterocycles. The first-order valence-corrected chi connectivity index (χ1v) is 9.91. The molecule has 2 aliphatic carbocycles. The minimum atomic E-state index is -0.0726. The highest BCUT2D eigenvalue weighted by atomic mass is 16.2. The molecule has 0 saturated heterocycles. The number of hydrogen-bond acceptors (Lipinski definition) is 3. The second-order valence-corrected chi connectivity index (χ2v) is 7.85. The van der Waals surface area contributed by atoms with Gasteiger partial charge >= 0.3 is 0 Å². The van der Waals surface area contributed by atoms with Crippen LogP contribution in [0.3, 0.4) is 0 Å². The van der Waals surface area contributed by atoms with Crippen molar-refractivity contribution in [2.75, 3.05) is 13.6 Å². The highest BCUT2D eigenvalue weighted by Gasteiger charge is 2.31. The number of carbonyl (C=O) groups excluding carboxylic acids is 2. The van der Waals surface area contributed by atoms with E-state index < -0.39 is 0 Å². The highest BCUT2D eigenvalue weighted by Crippen LogP contribution is 2.28. The zero-order valence-corrected chi connectivity index (χ0v) is 16.0. The quantitative estimate of drug-likeness (QED) is 0.789. The van der Waals surface area contributed by atoms with Gasteiger partial charge < -0.3 is 10.6 Å². The van der Waals surface area contributed by atoms with Crippen LogP contribution in [-0.2, 0) is 11.3 Å². The summed E-state index contributed by atoms with van der Waals surface area (Å²) in [4.78, 5) is 26.5. The van der Waals surface area contributed by atoms with Crippen molar-refractivity contribution in [3.63, 3.8) is 0 Å². The molecule has 2 saturated carbocycles. The minimum absolute atomic E-state index is 0.0726. The average Bonchev–Trinajstić information content (AvgIpc) is 3.48. The lowest BCUT2D eigenvalue weighted by molar-refractivity contribution is -0.123. The average molecular weight is 357 g/mol. The van der Waals surface area contributed by atoms with Crippen LogP contribution in [0.2, 0.25) is 0 Å². The van der Waals surface area contributed by atoms with Crippen molar-refractivity contribution in [2.45, 2.75) is 64.1 Å². The fourth-order valence-electron chi connectivity index (χ4n) is 3.86. The largest absolute Gasteiger partial charge is 0.355 e. The van der Waals surface area contributed by atoms with Gasteiger partial charge in [0, 0.05) is 31.2 Å². The number of nitrogens with zero attached hydrogens (tertiary/aromatic N) is 1. The lowest BCUT2D eigenvalue weighted by atomic mass is 9.86. The van der Waals surface area contributed by atoms with Gasteiger partial charge in [-0.1, -0.05) is 31.9 Å². The Morgan fingerprint density at radius 3 is 2.38 bits per heavy atom. The Kier molecular flexibility index (Phi) is 6.30. The van der Waals surface area contributed by atoms with E-state index in [0.717, 1.165) is 18.5 Å². The first-order valence-electron chi connectivity index (χ1n) is 9.91. The Hall–Kier alpha value is -1.88. The number of nitrogens with one attached hydrogen (secondary N) is 2. The third kappa shape index (κ3) is 5.07. The van der Waals surface area contributed by atoms with Crippen molar-refractivity contribution in [1.29, 1.82) is 0 Å². The van der Waals surface area contributed by atoms with Crippen LogP contribution in [-0.4, -0.2) is 42.4 Å². The van der Waals surface area contributed by atoms with Gasteiger partial charge in [-0.2, -0.15) is 0 Å². The smallest absolute Gasteiger partial charge is 0.251 e. The van der Waals surface area contributed by atoms with E-state index in [9.17, 15) is 9.59 Å². The summed E-state index contributed by atoms with van der Waals surface area (Å²) >= 11 is 0. The topological polar surface area (TPSA) is 61.4 Å². The molecule has 0 radical (unpaired) electrons. The van der Waals surface area contributed by atoms with Gasteiger partial charge in [0.1, 0.15) is 0 Å². The van der Waals surface area contributed by atoms with Crippen molar-refractivity contribution in [2.24, 2.45) is 5.92 Å². The molecule has 2 atom stereocenters. The molecule has 5 heteroatoms. The van der Waals surface area contributed by atoms with Crippen LogP contribution in [0.1, 0.15) is 61.4 Å². The summed E-state index contributed by atoms with van der Waals surface area (Å²) < 4.78 is 0. The van der Waals surface area contributed by atoms with Crippen LogP contribution in [0.5, 0.6) is 0 Å². The summed E-state index contributed by atoms with van der Waals surface area (Å²) in [6, 6.07) is 8.53. The molecule has 142 valence electrons. The van der Waals surface area contributed by atoms with Gasteiger partial charge in [0.2, 0.25) is 5.91 Å². The Morgan fingerprint density at radius 1 is 1.08 bits per heavy atom. The molecular formula is C21H31N3O2. The van der Waals surface area contributed by atoms with E-state index in [1.54, 1.807) is 7.05 Å². The van der Waals surface area contributed by atoms with Gasteiger partial charge in [-0.05, 0) is 49.3 Å². The Bertz CT molecular complexity index is 625. The molecule has 1 aromatic rings. The van der Waals surface area contributed by atoms with Crippen molar-refractivity contribution in [3.05, 3.63) is 35.4 Å². The Balaban J connectivity index is 1.55. The zero-order valence-electron chi connectivity index (χ0n) is 16.0. The van der Waals surface area contributed by atoms with E-state index in [1.807, 2.05) is 24.3 Å². The monoisotopic (exact) mass is 357 g/mol. The maximum absolute atomic E-state index is 12.6. The van der Waals surface area contributed by atoms with Crippen LogP contribution in [0, 0.1) is 5.92 Å². The predicted octanol–water partition coefficient (Wildman–Crippen LogP) is 2.71. The molecule has 1 aromatic carbocycles. The third-order valence-electron chi connectivity index (χ3n) is 5.70. The van der Waals surface area contributed by atoms with E-state index in [2.05, 4.69) is 22.5 Å². The van der Waals surface area contributed by atoms with E-state index >= 15 is 0 Å². The molecule has 3 rings (SSSR count). The van der Waals surface area contributed by atoms with Crippen molar-refractivity contribution < 1.29 is 9.59 Å². The molecule has 5 nitrogen and oxygen atoms in total. The number of carbonyl (C=O) groups is 2. The second-order valence-electron chi connectivity index (χ2n) is 7.85. The van der Waals surface area contributed by atoms with E-state index in [1.165, 1.54) is 32.1 Å². The molecule has 0 aliphatic heterocycles. The first-order chi connectivity index (χ1) is 12.6. The fourth-order valence-corrected chi connectivity index (χ4v) is 3.86. The molecule has 26 heavy (non-hydrogen) atoms. The predicted molar refractivity (Wildman–Crippen MR) is 103 cm³/mol. The highest BCUT2D eigenvalue weighted by molar-refractivity contribution is 5.93. The molecule has 0 heterocycles. The van der Waals surface area contributed by atoms with Crippen LogP contribution in [0.4, 0.5) is 0 Å². The van der Waals surface area contributed by atoms with Crippen molar-refractivity contribution in [1.82, 2.24) is 15.5 Å². The number of benzene rings is 1. The molecule has 2 N–H and O–H groups in total. The summed E-state index contributed by atoms with van der Waals surface area (Å²) in [6.45, 7) is 3.47. The zero-order chi connectivity index (χ0) is 18.5. The lowest BCUT2D eigenvalue weighted by Crippen LogP contribution is -2.46. The summed E-state index contributed by atoms with van der Waals surface area (Å²) in [6.07, 6.45) is 7.17. The minimum Gasteiger partial charge on any atom is -0.355 e. The Morgan fingerprint density at radius 2 is 1.77 bits per heavy atom. The SMILES string of the molecule is CNC(=O)c1ccc(CN(CC(=O)NC2CCCCC2C)C2CC2)cc1. The lowest BCUT2D eigenvalue weighted by Gasteiger charge is -2.30. The molecule has 2 unspecified atom stereocenters. The summed E-state index contributed by atoms with van der Waals surface area (Å²) in [5.41, 5.74) is 1.81. The molecule has 0 spiro atoms. The summed E-state index contributed by atoms with van der Waals surface area (Å²) in [5, 5.41) is 5.90. The molecular weight excluding hydrogens is 326 g/mol. The van der Waals surface area contributed by atoms with Crippen LogP contribution >= 0.6 is 0 Å². The number of amides is 2. The Labute approximate surface area is 156 Å². The van der Waals surface area contributed by atoms with Crippen LogP contribution < -0.4 is 10.6 Å². The fraction of sp³-hybridized carbons (Fsp3) is 0.619. The maximum Gasteiger partial charge on any atom is 0.251 e. The molecule has 0 bridgehead atoms. The van der Waals surface area contributed by atoms with Gasteiger partial charge in [-0.25, -0.2) is 0 Å². The van der Waals surface area contributed by atoms with Crippen molar-refractivity contribution in [3.8, 4) is 0 Å². The molecule has 2 fully saturated rings. The van der Waals surface area contributed by atoms with Gasteiger partial charge in [0.25, 0.3) is 5.91 Å². The van der Waals surface area contributed by atoms with Crippen LogP contribution in [0.15, 0.2) is 24.3 Å². The van der Waals surface area contributed by atoms with Crippen LogP contribution in [0.25, 0.3) is 0 Å². The third-order valence-corrected chi connectivity index (χ3v) is 5.70. The number of hydrogen-bond donors (Lipinski definition) is 2. The van der Waals surface area contributed by atoms with Gasteiger partial charge in [-0.15, -0.1) is 0 Å². The van der Waals surface area contributed by atoms with Crippen molar-refractivity contribution >= 4 is 11.8 Å². The summed E-state index contributed by atoms with van der Waals surface area (Å²) in [5.74, 6) is 0.661. The normalized spacial score (nSPS) is 22.9. The van der Waals surface area contributed by atoms with Gasteiger partial charge in [0.15, 0.2) is 0 Å². The second kappa shape index (κ2) is 8.67. The maximum atomic E-state index is 12.6. The molecule has 2 aliphatic rings. The van der Waals surface area contributed by atoms with Gasteiger partial charge in [-0.3, -0.25) is 14.5 Å². The summed E-state index contributed by atoms with van der Waals surface area (Å²) in [7, 11) is 1.64. The van der Waals surface area contributed by atoms with Gasteiger partial charge in [0.05, 0.1) is 6.54 Å². The van der Waals surface area contributed by atoms with E-state index in [-0.39, 0.29) is 11.8 Å². The van der Waals surface area contributed by atoms with E-state index in [4.69, 9.17) is 0 Å². The van der Waals surface area contributed by atoms with E-state index in [0.29, 0.717) is 30.1 Å². The first kappa shape index (κ1) is 18.9. The molecule has 2 amide bonds.